The molecule has 82 valence electrons. The molecule has 1 aromatic rings. The number of piperidine rings is 1. The first-order valence-electron chi connectivity index (χ1n) is 5.36. The molecule has 1 atom stereocenters. The maximum Gasteiger partial charge on any atom is 0.222 e. The molecule has 2 rings (SSSR count). The monoisotopic (exact) mass is 215 g/mol. The smallest absolute Gasteiger partial charge is 0.222 e. The molecule has 0 aliphatic carbocycles. The lowest BCUT2D eigenvalue weighted by atomic mass is 9.99. The molecule has 1 amide bonds. The number of hydrogen-bond acceptors (Lipinski definition) is 3. The molecule has 0 aromatic carbocycles. The molecule has 1 unspecified atom stereocenters. The largest absolute Gasteiger partial charge is 0.337 e. The second-order valence-corrected chi connectivity index (χ2v) is 4.00. The third kappa shape index (κ3) is 2.37. The Bertz CT molecular complexity index is 410. The van der Waals surface area contributed by atoms with Crippen molar-refractivity contribution in [2.24, 2.45) is 5.92 Å². The van der Waals surface area contributed by atoms with Gasteiger partial charge in [0.05, 0.1) is 12.0 Å². The van der Waals surface area contributed by atoms with E-state index in [1.807, 2.05) is 12.1 Å². The van der Waals surface area contributed by atoms with Gasteiger partial charge in [-0.3, -0.25) is 9.78 Å². The molecule has 1 saturated heterocycles. The molecule has 0 bridgehead atoms. The molecule has 0 saturated carbocycles. The van der Waals surface area contributed by atoms with Crippen LogP contribution >= 0.6 is 0 Å². The summed E-state index contributed by atoms with van der Waals surface area (Å²) in [5, 5.41) is 8.86. The van der Waals surface area contributed by atoms with Crippen LogP contribution in [0.5, 0.6) is 0 Å². The van der Waals surface area contributed by atoms with Crippen LogP contribution in [-0.4, -0.2) is 22.3 Å². The molecular formula is C12H13N3O. The predicted molar refractivity (Wildman–Crippen MR) is 58.0 cm³/mol. The first-order valence-corrected chi connectivity index (χ1v) is 5.36. The van der Waals surface area contributed by atoms with Crippen molar-refractivity contribution in [1.29, 1.82) is 5.26 Å². The summed E-state index contributed by atoms with van der Waals surface area (Å²) in [6.07, 6.45) is 4.64. The van der Waals surface area contributed by atoms with Crippen LogP contribution in [0.15, 0.2) is 24.5 Å². The summed E-state index contributed by atoms with van der Waals surface area (Å²) in [5.41, 5.74) is 1.01. The van der Waals surface area contributed by atoms with Gasteiger partial charge in [0.1, 0.15) is 0 Å². The summed E-state index contributed by atoms with van der Waals surface area (Å²) in [7, 11) is 0. The van der Waals surface area contributed by atoms with Gasteiger partial charge in [-0.05, 0) is 18.1 Å². The van der Waals surface area contributed by atoms with Gasteiger partial charge in [-0.25, -0.2) is 0 Å². The van der Waals surface area contributed by atoms with Crippen molar-refractivity contribution in [3.05, 3.63) is 30.1 Å². The summed E-state index contributed by atoms with van der Waals surface area (Å²) < 4.78 is 0. The lowest BCUT2D eigenvalue weighted by Crippen LogP contribution is -2.38. The number of hydrogen-bond donors (Lipinski definition) is 0. The van der Waals surface area contributed by atoms with Gasteiger partial charge in [0.2, 0.25) is 5.91 Å². The number of likely N-dealkylation sites (tertiary alicyclic amines) is 1. The normalized spacial score (nSPS) is 20.6. The van der Waals surface area contributed by atoms with Crippen molar-refractivity contribution < 1.29 is 4.79 Å². The highest BCUT2D eigenvalue weighted by molar-refractivity contribution is 5.77. The van der Waals surface area contributed by atoms with E-state index in [0.717, 1.165) is 5.56 Å². The van der Waals surface area contributed by atoms with Crippen LogP contribution in [0.2, 0.25) is 0 Å². The van der Waals surface area contributed by atoms with E-state index in [2.05, 4.69) is 11.1 Å². The molecule has 4 nitrogen and oxygen atoms in total. The number of rotatable bonds is 2. The van der Waals surface area contributed by atoms with Crippen LogP contribution in [0, 0.1) is 17.2 Å². The number of nitrogens with zero attached hydrogens (tertiary/aromatic N) is 3. The Morgan fingerprint density at radius 2 is 2.50 bits per heavy atom. The van der Waals surface area contributed by atoms with E-state index in [4.69, 9.17) is 5.26 Å². The highest BCUT2D eigenvalue weighted by Gasteiger charge is 2.25. The molecule has 0 radical (unpaired) electrons. The number of carbonyl (C=O) groups is 1. The molecular weight excluding hydrogens is 202 g/mol. The van der Waals surface area contributed by atoms with Crippen LogP contribution in [0.1, 0.15) is 18.4 Å². The van der Waals surface area contributed by atoms with Crippen molar-refractivity contribution in [2.45, 2.75) is 19.4 Å². The first-order chi connectivity index (χ1) is 7.79. The van der Waals surface area contributed by atoms with Crippen molar-refractivity contribution in [1.82, 2.24) is 9.88 Å². The molecule has 1 aliphatic rings. The van der Waals surface area contributed by atoms with Crippen LogP contribution in [0.4, 0.5) is 0 Å². The zero-order chi connectivity index (χ0) is 11.4. The number of nitriles is 1. The van der Waals surface area contributed by atoms with E-state index in [1.165, 1.54) is 0 Å². The molecule has 0 spiro atoms. The van der Waals surface area contributed by atoms with Crippen LogP contribution in [0.25, 0.3) is 0 Å². The second-order valence-electron chi connectivity index (χ2n) is 4.00. The van der Waals surface area contributed by atoms with Crippen LogP contribution in [0.3, 0.4) is 0 Å². The Balaban J connectivity index is 2.03. The highest BCUT2D eigenvalue weighted by atomic mass is 16.2. The lowest BCUT2D eigenvalue weighted by Gasteiger charge is -2.29. The highest BCUT2D eigenvalue weighted by Crippen LogP contribution is 2.18. The Hall–Kier alpha value is -1.89. The minimum absolute atomic E-state index is 0.0191. The van der Waals surface area contributed by atoms with Crippen molar-refractivity contribution >= 4 is 5.91 Å². The zero-order valence-corrected chi connectivity index (χ0v) is 8.97. The minimum Gasteiger partial charge on any atom is -0.337 e. The van der Waals surface area contributed by atoms with E-state index in [-0.39, 0.29) is 11.8 Å². The van der Waals surface area contributed by atoms with Gasteiger partial charge in [0, 0.05) is 31.9 Å². The fraction of sp³-hybridized carbons (Fsp3) is 0.417. The Labute approximate surface area is 94.5 Å². The van der Waals surface area contributed by atoms with Gasteiger partial charge in [-0.2, -0.15) is 5.26 Å². The fourth-order valence-corrected chi connectivity index (χ4v) is 1.89. The molecule has 1 fully saturated rings. The summed E-state index contributed by atoms with van der Waals surface area (Å²) in [6, 6.07) is 6.02. The van der Waals surface area contributed by atoms with Gasteiger partial charge < -0.3 is 4.90 Å². The fourth-order valence-electron chi connectivity index (χ4n) is 1.89. The summed E-state index contributed by atoms with van der Waals surface area (Å²) >= 11 is 0. The average molecular weight is 215 g/mol. The van der Waals surface area contributed by atoms with Crippen LogP contribution in [-0.2, 0) is 11.3 Å². The molecule has 1 aliphatic heterocycles. The SMILES string of the molecule is N#CC1CCC(=O)N(Cc2cccnc2)C1. The number of amides is 1. The van der Waals surface area contributed by atoms with Gasteiger partial charge >= 0.3 is 0 Å². The van der Waals surface area contributed by atoms with Crippen molar-refractivity contribution in [2.75, 3.05) is 6.54 Å². The Morgan fingerprint density at radius 1 is 1.62 bits per heavy atom. The maximum absolute atomic E-state index is 11.7. The molecule has 0 N–H and O–H groups in total. The molecule has 1 aromatic heterocycles. The van der Waals surface area contributed by atoms with E-state index in [9.17, 15) is 4.79 Å². The average Bonchev–Trinajstić information content (AvgIpc) is 2.33. The topological polar surface area (TPSA) is 57.0 Å². The lowest BCUT2D eigenvalue weighted by molar-refractivity contribution is -0.134. The van der Waals surface area contributed by atoms with Gasteiger partial charge in [-0.1, -0.05) is 6.07 Å². The van der Waals surface area contributed by atoms with E-state index >= 15 is 0 Å². The minimum atomic E-state index is -0.0191. The van der Waals surface area contributed by atoms with Gasteiger partial charge in [0.25, 0.3) is 0 Å². The van der Waals surface area contributed by atoms with E-state index in [0.29, 0.717) is 25.9 Å². The Kier molecular flexibility index (Phi) is 3.16. The molecule has 2 heterocycles. The summed E-state index contributed by atoms with van der Waals surface area (Å²) in [4.78, 5) is 17.4. The third-order valence-electron chi connectivity index (χ3n) is 2.78. The number of aromatic nitrogens is 1. The summed E-state index contributed by atoms with van der Waals surface area (Å²) in [5.74, 6) is 0.115. The predicted octanol–water partition coefficient (Wildman–Crippen LogP) is 1.34. The third-order valence-corrected chi connectivity index (χ3v) is 2.78. The molecule has 4 heteroatoms. The Morgan fingerprint density at radius 3 is 3.19 bits per heavy atom. The maximum atomic E-state index is 11.7. The zero-order valence-electron chi connectivity index (χ0n) is 8.97. The number of pyridine rings is 1. The standard InChI is InChI=1S/C12H13N3O/c13-6-10-3-4-12(16)15(8-10)9-11-2-1-5-14-7-11/h1-2,5,7,10H,3-4,8-9H2. The quantitative estimate of drug-likeness (QED) is 0.748. The van der Waals surface area contributed by atoms with E-state index < -0.39 is 0 Å². The summed E-state index contributed by atoms with van der Waals surface area (Å²) in [6.45, 7) is 1.11. The number of carbonyl (C=O) groups excluding carboxylic acids is 1. The van der Waals surface area contributed by atoms with Gasteiger partial charge in [0.15, 0.2) is 0 Å². The van der Waals surface area contributed by atoms with Gasteiger partial charge in [-0.15, -0.1) is 0 Å². The van der Waals surface area contributed by atoms with Crippen molar-refractivity contribution in [3.63, 3.8) is 0 Å². The molecule has 16 heavy (non-hydrogen) atoms. The second kappa shape index (κ2) is 4.75. The van der Waals surface area contributed by atoms with Crippen LogP contribution < -0.4 is 0 Å². The van der Waals surface area contributed by atoms with E-state index in [1.54, 1.807) is 17.3 Å². The van der Waals surface area contributed by atoms with Crippen molar-refractivity contribution in [3.8, 4) is 6.07 Å². The first kappa shape index (κ1) is 10.6.